The van der Waals surface area contributed by atoms with Crippen LogP contribution in [0.15, 0.2) is 113 Å². The van der Waals surface area contributed by atoms with Crippen molar-refractivity contribution >= 4 is 28.1 Å². The van der Waals surface area contributed by atoms with Crippen molar-refractivity contribution in [3.8, 4) is 34.5 Å². The number of rotatable bonds is 10. The third-order valence-electron chi connectivity index (χ3n) is 6.75. The maximum absolute atomic E-state index is 12.8. The first-order valence-electron chi connectivity index (χ1n) is 13.7. The third-order valence-corrected chi connectivity index (χ3v) is 7.34. The van der Waals surface area contributed by atoms with Crippen molar-refractivity contribution < 1.29 is 14.3 Å². The first-order valence-corrected chi connectivity index (χ1v) is 14.5. The average molecular weight is 634 g/mol. The maximum atomic E-state index is 12.8. The van der Waals surface area contributed by atoms with Crippen LogP contribution in [0.1, 0.15) is 39.7 Å². The number of hydrogen-bond acceptors (Lipinski definition) is 5. The highest BCUT2D eigenvalue weighted by molar-refractivity contribution is 9.10. The number of carbonyl (C=O) groups excluding carboxylic acids is 1. The van der Waals surface area contributed by atoms with Gasteiger partial charge in [0.15, 0.2) is 11.5 Å². The van der Waals surface area contributed by atoms with Gasteiger partial charge >= 0.3 is 0 Å². The lowest BCUT2D eigenvalue weighted by molar-refractivity contribution is 0.0955. The van der Waals surface area contributed by atoms with E-state index in [0.29, 0.717) is 39.3 Å². The Morgan fingerprint density at radius 1 is 0.977 bits per heavy atom. The molecule has 1 N–H and O–H groups in total. The maximum Gasteiger partial charge on any atom is 0.271 e. The molecule has 0 aliphatic rings. The van der Waals surface area contributed by atoms with Crippen LogP contribution < -0.4 is 14.9 Å². The SMILES string of the molecule is CCOc1cc(/C=N/NC(=O)c2ccc(-n3c(C)ccc3-c3ccccc3)cc2)cc(Br)c1OCc1ccccc1C#N. The lowest BCUT2D eigenvalue weighted by Gasteiger charge is -2.15. The second-order valence-electron chi connectivity index (χ2n) is 9.63. The van der Waals surface area contributed by atoms with Gasteiger partial charge < -0.3 is 14.0 Å². The number of aromatic nitrogens is 1. The number of hydrogen-bond donors (Lipinski definition) is 1. The van der Waals surface area contributed by atoms with E-state index in [4.69, 9.17) is 9.47 Å². The molecule has 0 aliphatic heterocycles. The van der Waals surface area contributed by atoms with Gasteiger partial charge in [0.25, 0.3) is 5.91 Å². The number of halogens is 1. The van der Waals surface area contributed by atoms with Gasteiger partial charge in [0.05, 0.1) is 34.6 Å². The van der Waals surface area contributed by atoms with Crippen molar-refractivity contribution in [1.29, 1.82) is 5.26 Å². The standard InChI is InChI=1S/C35H29BrN4O3/c1-3-42-33-20-25(19-31(36)34(33)43-23-29-12-8-7-11-28(29)21-37)22-38-39-35(41)27-14-16-30(17-15-27)40-24(2)13-18-32(40)26-9-5-4-6-10-26/h4-20,22H,3,23H2,1-2H3,(H,39,41)/b38-22+. The number of nitrogens with one attached hydrogen (secondary N) is 1. The molecule has 1 amide bonds. The van der Waals surface area contributed by atoms with E-state index in [9.17, 15) is 10.1 Å². The van der Waals surface area contributed by atoms with Gasteiger partial charge in [-0.25, -0.2) is 5.43 Å². The Morgan fingerprint density at radius 3 is 2.47 bits per heavy atom. The van der Waals surface area contributed by atoms with Gasteiger partial charge in [0.2, 0.25) is 0 Å². The molecule has 0 saturated heterocycles. The summed E-state index contributed by atoms with van der Waals surface area (Å²) in [6.07, 6.45) is 1.55. The van der Waals surface area contributed by atoms with Gasteiger partial charge in [-0.3, -0.25) is 4.79 Å². The van der Waals surface area contributed by atoms with Crippen molar-refractivity contribution in [2.75, 3.05) is 6.61 Å². The molecule has 1 aromatic heterocycles. The molecule has 5 aromatic rings. The quantitative estimate of drug-likeness (QED) is 0.125. The highest BCUT2D eigenvalue weighted by atomic mass is 79.9. The number of nitrogens with zero attached hydrogens (tertiary/aromatic N) is 3. The molecule has 0 atom stereocenters. The summed E-state index contributed by atoms with van der Waals surface area (Å²) < 4.78 is 14.7. The smallest absolute Gasteiger partial charge is 0.271 e. The highest BCUT2D eigenvalue weighted by Gasteiger charge is 2.14. The lowest BCUT2D eigenvalue weighted by atomic mass is 10.1. The predicted octanol–water partition coefficient (Wildman–Crippen LogP) is 7.83. The van der Waals surface area contributed by atoms with Crippen LogP contribution in [0.25, 0.3) is 16.9 Å². The van der Waals surface area contributed by atoms with E-state index in [1.165, 1.54) is 0 Å². The van der Waals surface area contributed by atoms with Gasteiger partial charge in [-0.05, 0) is 95.5 Å². The number of hydrazone groups is 1. The number of benzene rings is 4. The molecule has 4 aromatic carbocycles. The zero-order chi connectivity index (χ0) is 30.2. The van der Waals surface area contributed by atoms with Gasteiger partial charge in [-0.1, -0.05) is 48.5 Å². The van der Waals surface area contributed by atoms with Crippen LogP contribution >= 0.6 is 15.9 Å². The molecule has 43 heavy (non-hydrogen) atoms. The molecule has 0 spiro atoms. The molecule has 0 aliphatic carbocycles. The third kappa shape index (κ3) is 6.85. The van der Waals surface area contributed by atoms with Crippen LogP contribution in [0, 0.1) is 18.3 Å². The first kappa shape index (κ1) is 29.4. The second-order valence-corrected chi connectivity index (χ2v) is 10.5. The first-order chi connectivity index (χ1) is 21.0. The molecule has 1 heterocycles. The van der Waals surface area contributed by atoms with Crippen LogP contribution in [0.5, 0.6) is 11.5 Å². The summed E-state index contributed by atoms with van der Waals surface area (Å²) in [5.41, 5.74) is 9.40. The molecule has 8 heteroatoms. The predicted molar refractivity (Wildman–Crippen MR) is 172 cm³/mol. The van der Waals surface area contributed by atoms with Gasteiger partial charge in [0.1, 0.15) is 6.61 Å². The summed E-state index contributed by atoms with van der Waals surface area (Å²) >= 11 is 3.56. The summed E-state index contributed by atoms with van der Waals surface area (Å²) in [6, 6.07) is 34.9. The molecule has 0 radical (unpaired) electrons. The van der Waals surface area contributed by atoms with Crippen LogP contribution in [-0.4, -0.2) is 23.3 Å². The Labute approximate surface area is 259 Å². The normalized spacial score (nSPS) is 10.8. The van der Waals surface area contributed by atoms with Gasteiger partial charge in [-0.2, -0.15) is 10.4 Å². The van der Waals surface area contributed by atoms with Gasteiger partial charge in [0, 0.05) is 22.5 Å². The minimum Gasteiger partial charge on any atom is -0.490 e. The van der Waals surface area contributed by atoms with E-state index in [1.54, 1.807) is 30.5 Å². The highest BCUT2D eigenvalue weighted by Crippen LogP contribution is 2.37. The Balaban J connectivity index is 1.27. The summed E-state index contributed by atoms with van der Waals surface area (Å²) in [4.78, 5) is 12.8. The Morgan fingerprint density at radius 2 is 1.72 bits per heavy atom. The van der Waals surface area contributed by atoms with Crippen molar-refractivity contribution in [3.63, 3.8) is 0 Å². The molecule has 0 saturated carbocycles. The number of nitriles is 1. The Hall–Kier alpha value is -5.13. The molecule has 7 nitrogen and oxygen atoms in total. The number of ether oxygens (including phenoxy) is 2. The lowest BCUT2D eigenvalue weighted by Crippen LogP contribution is -2.17. The van der Waals surface area contributed by atoms with E-state index in [-0.39, 0.29) is 12.5 Å². The zero-order valence-electron chi connectivity index (χ0n) is 23.8. The van der Waals surface area contributed by atoms with Crippen LogP contribution in [0.4, 0.5) is 0 Å². The Bertz CT molecular complexity index is 1810. The minimum absolute atomic E-state index is 0.210. The monoisotopic (exact) mass is 632 g/mol. The Kier molecular flexibility index (Phi) is 9.35. The van der Waals surface area contributed by atoms with E-state index < -0.39 is 0 Å². The van der Waals surface area contributed by atoms with Crippen molar-refractivity contribution in [3.05, 3.63) is 136 Å². The second kappa shape index (κ2) is 13.7. The largest absolute Gasteiger partial charge is 0.490 e. The molecule has 214 valence electrons. The molecular formula is C35H29BrN4O3. The van der Waals surface area contributed by atoms with Crippen molar-refractivity contribution in [2.45, 2.75) is 20.5 Å². The molecule has 0 fully saturated rings. The molecular weight excluding hydrogens is 604 g/mol. The average Bonchev–Trinajstić information content (AvgIpc) is 3.42. The molecule has 0 bridgehead atoms. The number of amides is 1. The van der Waals surface area contributed by atoms with Gasteiger partial charge in [-0.15, -0.1) is 0 Å². The van der Waals surface area contributed by atoms with Crippen molar-refractivity contribution in [2.24, 2.45) is 5.10 Å². The summed E-state index contributed by atoms with van der Waals surface area (Å²) in [6.45, 7) is 4.58. The fourth-order valence-corrected chi connectivity index (χ4v) is 5.25. The van der Waals surface area contributed by atoms with Crippen molar-refractivity contribution in [1.82, 2.24) is 9.99 Å². The zero-order valence-corrected chi connectivity index (χ0v) is 25.3. The van der Waals surface area contributed by atoms with Crippen LogP contribution in [0.2, 0.25) is 0 Å². The summed E-state index contributed by atoms with van der Waals surface area (Å²) in [5, 5.41) is 13.5. The van der Waals surface area contributed by atoms with E-state index in [2.05, 4.69) is 68.3 Å². The fourth-order valence-electron chi connectivity index (χ4n) is 4.68. The van der Waals surface area contributed by atoms with E-state index >= 15 is 0 Å². The topological polar surface area (TPSA) is 88.6 Å². The number of aryl methyl sites for hydroxylation is 1. The van der Waals surface area contributed by atoms with Crippen LogP contribution in [0.3, 0.4) is 0 Å². The van der Waals surface area contributed by atoms with E-state index in [1.807, 2.05) is 61.5 Å². The summed E-state index contributed by atoms with van der Waals surface area (Å²) in [5.74, 6) is 0.713. The molecule has 0 unspecified atom stereocenters. The van der Waals surface area contributed by atoms with Crippen LogP contribution in [-0.2, 0) is 6.61 Å². The molecule has 5 rings (SSSR count). The number of carbonyl (C=O) groups is 1. The minimum atomic E-state index is -0.324. The van der Waals surface area contributed by atoms with E-state index in [0.717, 1.165) is 28.2 Å². The fraction of sp³-hybridized carbons (Fsp3) is 0.114. The summed E-state index contributed by atoms with van der Waals surface area (Å²) in [7, 11) is 0.